The van der Waals surface area contributed by atoms with Gasteiger partial charge in [0.2, 0.25) is 5.91 Å². The van der Waals surface area contributed by atoms with Crippen LogP contribution in [0.3, 0.4) is 0 Å². The maximum absolute atomic E-state index is 11.8. The summed E-state index contributed by atoms with van der Waals surface area (Å²) in [4.78, 5) is 16.4. The predicted molar refractivity (Wildman–Crippen MR) is 98.3 cm³/mol. The summed E-state index contributed by atoms with van der Waals surface area (Å²) in [5.74, 6) is 1.17. The summed E-state index contributed by atoms with van der Waals surface area (Å²) in [7, 11) is 1.59. The number of benzene rings is 1. The van der Waals surface area contributed by atoms with Crippen LogP contribution in [-0.2, 0) is 17.6 Å². The number of ether oxygens (including phenoxy) is 1. The second-order valence-corrected chi connectivity index (χ2v) is 6.41. The number of fused-ring (bicyclic) bond motifs is 3. The number of rotatable bonds is 4. The third kappa shape index (κ3) is 2.89. The molecule has 0 saturated heterocycles. The van der Waals surface area contributed by atoms with Crippen LogP contribution in [0.2, 0.25) is 0 Å². The molecule has 7 heteroatoms. The lowest BCUT2D eigenvalue weighted by atomic mass is 10.0. The zero-order valence-electron chi connectivity index (χ0n) is 15.0. The quantitative estimate of drug-likeness (QED) is 0.781. The number of aromatic nitrogens is 4. The normalized spacial score (nSPS) is 13.5. The molecule has 3 aromatic rings. The smallest absolute Gasteiger partial charge is 0.254 e. The Hall–Kier alpha value is -2.96. The number of anilines is 1. The van der Waals surface area contributed by atoms with E-state index < -0.39 is 0 Å². The van der Waals surface area contributed by atoms with Crippen LogP contribution in [0.15, 0.2) is 24.4 Å². The molecule has 7 nitrogen and oxygen atoms in total. The van der Waals surface area contributed by atoms with Crippen molar-refractivity contribution in [3.05, 3.63) is 35.8 Å². The molecule has 1 aliphatic carbocycles. The maximum Gasteiger partial charge on any atom is 0.254 e. The Bertz CT molecular complexity index is 979. The Balaban J connectivity index is 1.77. The molecule has 1 aliphatic rings. The number of methoxy groups -OCH3 is 1. The van der Waals surface area contributed by atoms with Gasteiger partial charge in [0.25, 0.3) is 5.78 Å². The van der Waals surface area contributed by atoms with Crippen molar-refractivity contribution in [2.75, 3.05) is 12.4 Å². The number of aryl methyl sites for hydroxylation is 2. The van der Waals surface area contributed by atoms with Crippen molar-refractivity contribution in [2.24, 2.45) is 0 Å². The van der Waals surface area contributed by atoms with Crippen LogP contribution in [0.4, 0.5) is 5.69 Å². The van der Waals surface area contributed by atoms with Crippen LogP contribution in [-0.4, -0.2) is 32.6 Å². The van der Waals surface area contributed by atoms with E-state index in [-0.39, 0.29) is 5.91 Å². The van der Waals surface area contributed by atoms with Crippen molar-refractivity contribution in [1.29, 1.82) is 0 Å². The molecule has 0 radical (unpaired) electrons. The summed E-state index contributed by atoms with van der Waals surface area (Å²) in [5.41, 5.74) is 4.61. The molecule has 0 spiro atoms. The number of carbonyl (C=O) groups excluding carboxylic acids is 1. The van der Waals surface area contributed by atoms with Gasteiger partial charge < -0.3 is 10.1 Å². The molecule has 0 atom stereocenters. The first-order chi connectivity index (χ1) is 12.7. The van der Waals surface area contributed by atoms with Crippen molar-refractivity contribution in [3.8, 4) is 17.0 Å². The molecule has 26 heavy (non-hydrogen) atoms. The molecule has 0 saturated carbocycles. The van der Waals surface area contributed by atoms with Gasteiger partial charge in [-0.3, -0.25) is 9.20 Å². The van der Waals surface area contributed by atoms with Crippen molar-refractivity contribution in [1.82, 2.24) is 19.6 Å². The van der Waals surface area contributed by atoms with E-state index in [0.717, 1.165) is 42.6 Å². The molecule has 0 fully saturated rings. The fourth-order valence-corrected chi connectivity index (χ4v) is 3.33. The van der Waals surface area contributed by atoms with Crippen molar-refractivity contribution in [3.63, 3.8) is 0 Å². The molecule has 2 heterocycles. The first kappa shape index (κ1) is 16.5. The van der Waals surface area contributed by atoms with Crippen LogP contribution in [0.1, 0.15) is 37.6 Å². The lowest BCUT2D eigenvalue weighted by molar-refractivity contribution is -0.115. The monoisotopic (exact) mass is 351 g/mol. The van der Waals surface area contributed by atoms with Crippen LogP contribution < -0.4 is 10.1 Å². The van der Waals surface area contributed by atoms with Gasteiger partial charge in [0.15, 0.2) is 0 Å². The van der Waals surface area contributed by atoms with E-state index in [1.165, 1.54) is 5.69 Å². The summed E-state index contributed by atoms with van der Waals surface area (Å²) in [6, 6.07) is 5.65. The summed E-state index contributed by atoms with van der Waals surface area (Å²) < 4.78 is 7.40. The number of amides is 1. The van der Waals surface area contributed by atoms with Gasteiger partial charge >= 0.3 is 0 Å². The van der Waals surface area contributed by atoms with E-state index in [0.29, 0.717) is 23.6 Å². The van der Waals surface area contributed by atoms with E-state index in [9.17, 15) is 4.79 Å². The van der Waals surface area contributed by atoms with Gasteiger partial charge in [-0.1, -0.05) is 6.92 Å². The van der Waals surface area contributed by atoms with Gasteiger partial charge in [0.05, 0.1) is 24.2 Å². The molecule has 134 valence electrons. The van der Waals surface area contributed by atoms with Crippen molar-refractivity contribution < 1.29 is 9.53 Å². The molecule has 1 aromatic carbocycles. The molecular weight excluding hydrogens is 330 g/mol. The number of nitrogens with one attached hydrogen (secondary N) is 1. The fourth-order valence-electron chi connectivity index (χ4n) is 3.33. The van der Waals surface area contributed by atoms with Gasteiger partial charge in [-0.25, -0.2) is 4.98 Å². The predicted octanol–water partition coefficient (Wildman–Crippen LogP) is 3.03. The summed E-state index contributed by atoms with van der Waals surface area (Å²) in [5, 5.41) is 11.5. The van der Waals surface area contributed by atoms with Crippen LogP contribution in [0.25, 0.3) is 17.0 Å². The number of hydrogen-bond donors (Lipinski definition) is 1. The lowest BCUT2D eigenvalue weighted by Gasteiger charge is -2.14. The highest BCUT2D eigenvalue weighted by atomic mass is 16.5. The van der Waals surface area contributed by atoms with Crippen molar-refractivity contribution >= 4 is 17.4 Å². The second kappa shape index (κ2) is 6.74. The van der Waals surface area contributed by atoms with Gasteiger partial charge in [0.1, 0.15) is 5.75 Å². The third-order valence-electron chi connectivity index (χ3n) is 4.74. The molecule has 0 aliphatic heterocycles. The zero-order valence-corrected chi connectivity index (χ0v) is 15.0. The minimum absolute atomic E-state index is 0.0598. The Kier molecular flexibility index (Phi) is 4.28. The molecule has 1 amide bonds. The molecule has 0 bridgehead atoms. The summed E-state index contributed by atoms with van der Waals surface area (Å²) >= 11 is 0. The number of imidazole rings is 1. The van der Waals surface area contributed by atoms with Crippen LogP contribution in [0, 0.1) is 0 Å². The van der Waals surface area contributed by atoms with E-state index in [1.807, 2.05) is 35.7 Å². The number of hydrogen-bond acceptors (Lipinski definition) is 5. The first-order valence-electron chi connectivity index (χ1n) is 8.91. The van der Waals surface area contributed by atoms with Crippen LogP contribution in [0.5, 0.6) is 5.75 Å². The standard InChI is InChI=1S/C19H21N5O2/c1-3-18(25)20-14-10-12(8-9-17(14)26-2)15-11-24-16-7-5-4-6-13(16)22-23-19(24)21-15/h8-11H,3-7H2,1-2H3,(H,20,25). The molecule has 4 rings (SSSR count). The highest BCUT2D eigenvalue weighted by Gasteiger charge is 2.17. The maximum atomic E-state index is 11.8. The topological polar surface area (TPSA) is 81.4 Å². The SMILES string of the molecule is CCC(=O)Nc1cc(-c2cn3c4c(nnc3n2)CCCC4)ccc1OC. The van der Waals surface area contributed by atoms with E-state index >= 15 is 0 Å². The minimum Gasteiger partial charge on any atom is -0.495 e. The molecular formula is C19H21N5O2. The average molecular weight is 351 g/mol. The highest BCUT2D eigenvalue weighted by molar-refractivity contribution is 5.93. The summed E-state index contributed by atoms with van der Waals surface area (Å²) in [6.45, 7) is 1.82. The zero-order chi connectivity index (χ0) is 18.1. The highest BCUT2D eigenvalue weighted by Crippen LogP contribution is 2.31. The Morgan fingerprint density at radius 1 is 1.27 bits per heavy atom. The number of carbonyl (C=O) groups is 1. The van der Waals surface area contributed by atoms with E-state index in [1.54, 1.807) is 7.11 Å². The Morgan fingerprint density at radius 2 is 2.12 bits per heavy atom. The van der Waals surface area contributed by atoms with Gasteiger partial charge in [-0.15, -0.1) is 5.10 Å². The lowest BCUT2D eigenvalue weighted by Crippen LogP contribution is -2.12. The Labute approximate surface area is 151 Å². The van der Waals surface area contributed by atoms with Gasteiger partial charge in [0, 0.05) is 23.9 Å². The van der Waals surface area contributed by atoms with E-state index in [2.05, 4.69) is 20.5 Å². The minimum atomic E-state index is -0.0598. The molecule has 1 N–H and O–H groups in total. The number of nitrogens with zero attached hydrogens (tertiary/aromatic N) is 4. The second-order valence-electron chi connectivity index (χ2n) is 6.41. The third-order valence-corrected chi connectivity index (χ3v) is 4.74. The first-order valence-corrected chi connectivity index (χ1v) is 8.91. The molecule has 2 aromatic heterocycles. The summed E-state index contributed by atoms with van der Waals surface area (Å²) in [6.07, 6.45) is 6.70. The largest absolute Gasteiger partial charge is 0.495 e. The Morgan fingerprint density at radius 3 is 2.92 bits per heavy atom. The van der Waals surface area contributed by atoms with Crippen molar-refractivity contribution in [2.45, 2.75) is 39.0 Å². The van der Waals surface area contributed by atoms with E-state index in [4.69, 9.17) is 4.74 Å². The van der Waals surface area contributed by atoms with Gasteiger partial charge in [-0.2, -0.15) is 5.10 Å². The van der Waals surface area contributed by atoms with Gasteiger partial charge in [-0.05, 0) is 43.9 Å². The average Bonchev–Trinajstić information content (AvgIpc) is 3.12. The fraction of sp³-hybridized carbons (Fsp3) is 0.368. The van der Waals surface area contributed by atoms with Crippen LogP contribution >= 0.6 is 0 Å². The molecule has 0 unspecified atom stereocenters.